The molecule has 1 aromatic heterocycles. The van der Waals surface area contributed by atoms with Gasteiger partial charge in [0, 0.05) is 24.7 Å². The number of carbonyl (C=O) groups excluding carboxylic acids is 1. The molecule has 1 heterocycles. The molecule has 0 aliphatic rings. The van der Waals surface area contributed by atoms with Crippen LogP contribution < -0.4 is 20.3 Å². The van der Waals surface area contributed by atoms with E-state index in [1.807, 2.05) is 0 Å². The summed E-state index contributed by atoms with van der Waals surface area (Å²) in [6.07, 6.45) is 2.12. The third-order valence-electron chi connectivity index (χ3n) is 4.26. The van der Waals surface area contributed by atoms with Crippen LogP contribution in [0.15, 0.2) is 47.5 Å². The summed E-state index contributed by atoms with van der Waals surface area (Å²) < 4.78 is 24.8. The summed E-state index contributed by atoms with van der Waals surface area (Å²) in [6, 6.07) is 8.79. The minimum Gasteiger partial charge on any atom is -0.493 e. The van der Waals surface area contributed by atoms with E-state index in [0.29, 0.717) is 41.1 Å². The van der Waals surface area contributed by atoms with Crippen LogP contribution in [0.25, 0.3) is 10.9 Å². The number of aromatic nitrogens is 2. The molecule has 0 fully saturated rings. The summed E-state index contributed by atoms with van der Waals surface area (Å²) in [6.45, 7) is 0.340. The van der Waals surface area contributed by atoms with E-state index in [4.69, 9.17) is 9.47 Å². The number of nitrogens with zero attached hydrogens (tertiary/aromatic N) is 2. The van der Waals surface area contributed by atoms with Gasteiger partial charge in [0.15, 0.2) is 11.5 Å². The van der Waals surface area contributed by atoms with Gasteiger partial charge in [-0.3, -0.25) is 14.2 Å². The van der Waals surface area contributed by atoms with E-state index in [1.165, 1.54) is 49.4 Å². The van der Waals surface area contributed by atoms with Crippen molar-refractivity contribution in [3.05, 3.63) is 58.9 Å². The lowest BCUT2D eigenvalue weighted by atomic mass is 10.2. The van der Waals surface area contributed by atoms with E-state index >= 15 is 0 Å². The molecule has 146 valence electrons. The van der Waals surface area contributed by atoms with E-state index in [0.717, 1.165) is 0 Å². The average molecular weight is 385 g/mol. The van der Waals surface area contributed by atoms with E-state index < -0.39 is 0 Å². The maximum absolute atomic E-state index is 12.9. The number of nitrogens with one attached hydrogen (secondary N) is 1. The highest BCUT2D eigenvalue weighted by Gasteiger charge is 2.11. The third kappa shape index (κ3) is 4.28. The maximum atomic E-state index is 12.9. The average Bonchev–Trinajstić information content (AvgIpc) is 2.70. The summed E-state index contributed by atoms with van der Waals surface area (Å²) in [5.74, 6) is 0.373. The molecule has 0 atom stereocenters. The fourth-order valence-electron chi connectivity index (χ4n) is 2.81. The molecular formula is C20H20FN3O4. The zero-order chi connectivity index (χ0) is 20.1. The summed E-state index contributed by atoms with van der Waals surface area (Å²) in [5, 5.41) is 3.10. The largest absolute Gasteiger partial charge is 0.493 e. The fraction of sp³-hybridized carbons (Fsp3) is 0.250. The summed E-state index contributed by atoms with van der Waals surface area (Å²) in [4.78, 5) is 29.0. The first-order valence-electron chi connectivity index (χ1n) is 8.68. The van der Waals surface area contributed by atoms with Gasteiger partial charge in [-0.2, -0.15) is 0 Å². The van der Waals surface area contributed by atoms with Gasteiger partial charge in [-0.25, -0.2) is 9.37 Å². The number of hydrogen-bond acceptors (Lipinski definition) is 5. The number of amides is 1. The highest BCUT2D eigenvalue weighted by molar-refractivity contribution is 5.90. The number of methoxy groups -OCH3 is 2. The van der Waals surface area contributed by atoms with Crippen molar-refractivity contribution in [1.82, 2.24) is 9.55 Å². The SMILES string of the molecule is COc1cc2ncn(CCCC(=O)Nc3ccc(F)cc3)c(=O)c2cc1OC. The number of fused-ring (bicyclic) bond motifs is 1. The van der Waals surface area contributed by atoms with Crippen molar-refractivity contribution < 1.29 is 18.7 Å². The number of benzene rings is 2. The molecule has 3 aromatic rings. The molecule has 0 aliphatic carbocycles. The lowest BCUT2D eigenvalue weighted by Gasteiger charge is -2.10. The van der Waals surface area contributed by atoms with Crippen molar-refractivity contribution in [2.75, 3.05) is 19.5 Å². The van der Waals surface area contributed by atoms with Gasteiger partial charge in [-0.1, -0.05) is 0 Å². The zero-order valence-corrected chi connectivity index (χ0v) is 15.6. The van der Waals surface area contributed by atoms with Crippen molar-refractivity contribution in [3.63, 3.8) is 0 Å². The molecule has 2 aromatic carbocycles. The van der Waals surface area contributed by atoms with Gasteiger partial charge in [0.2, 0.25) is 5.91 Å². The van der Waals surface area contributed by atoms with Crippen molar-refractivity contribution in [2.24, 2.45) is 0 Å². The lowest BCUT2D eigenvalue weighted by Crippen LogP contribution is -2.22. The van der Waals surface area contributed by atoms with Gasteiger partial charge in [-0.15, -0.1) is 0 Å². The van der Waals surface area contributed by atoms with Crippen LogP contribution in [0.2, 0.25) is 0 Å². The lowest BCUT2D eigenvalue weighted by molar-refractivity contribution is -0.116. The zero-order valence-electron chi connectivity index (χ0n) is 15.6. The first kappa shape index (κ1) is 19.3. The van der Waals surface area contributed by atoms with Crippen LogP contribution in [0.1, 0.15) is 12.8 Å². The molecule has 0 spiro atoms. The molecule has 1 N–H and O–H groups in total. The van der Waals surface area contributed by atoms with Crippen LogP contribution in [0.3, 0.4) is 0 Å². The number of anilines is 1. The van der Waals surface area contributed by atoms with E-state index in [2.05, 4.69) is 10.3 Å². The smallest absolute Gasteiger partial charge is 0.261 e. The van der Waals surface area contributed by atoms with Crippen LogP contribution in [0, 0.1) is 5.82 Å². The van der Waals surface area contributed by atoms with E-state index in [9.17, 15) is 14.0 Å². The third-order valence-corrected chi connectivity index (χ3v) is 4.26. The predicted molar refractivity (Wildman–Crippen MR) is 103 cm³/mol. The Bertz CT molecular complexity index is 1050. The second kappa shape index (κ2) is 8.51. The van der Waals surface area contributed by atoms with Gasteiger partial charge in [0.25, 0.3) is 5.56 Å². The van der Waals surface area contributed by atoms with Gasteiger partial charge in [0.05, 0.1) is 31.4 Å². The standard InChI is InChI=1S/C20H20FN3O4/c1-27-17-10-15-16(11-18(17)28-2)22-12-24(20(15)26)9-3-4-19(25)23-14-7-5-13(21)6-8-14/h5-8,10-12H,3-4,9H2,1-2H3,(H,23,25). The minimum absolute atomic E-state index is 0.209. The summed E-state index contributed by atoms with van der Waals surface area (Å²) in [5.41, 5.74) is 0.815. The number of aryl methyl sites for hydroxylation is 1. The Hall–Kier alpha value is -3.42. The Morgan fingerprint density at radius 1 is 1.14 bits per heavy atom. The van der Waals surface area contributed by atoms with Crippen molar-refractivity contribution in [1.29, 1.82) is 0 Å². The quantitative estimate of drug-likeness (QED) is 0.676. The van der Waals surface area contributed by atoms with E-state index in [-0.39, 0.29) is 23.7 Å². The molecule has 0 radical (unpaired) electrons. The number of hydrogen-bond donors (Lipinski definition) is 1. The monoisotopic (exact) mass is 385 g/mol. The van der Waals surface area contributed by atoms with Crippen LogP contribution in [0.4, 0.5) is 10.1 Å². The molecule has 8 heteroatoms. The minimum atomic E-state index is -0.365. The second-order valence-corrected chi connectivity index (χ2v) is 6.13. The Kier molecular flexibility index (Phi) is 5.88. The Morgan fingerprint density at radius 3 is 2.50 bits per heavy atom. The first-order valence-corrected chi connectivity index (χ1v) is 8.68. The molecule has 3 rings (SSSR count). The van der Waals surface area contributed by atoms with Gasteiger partial charge >= 0.3 is 0 Å². The second-order valence-electron chi connectivity index (χ2n) is 6.13. The van der Waals surface area contributed by atoms with E-state index in [1.54, 1.807) is 12.1 Å². The molecule has 0 unspecified atom stereocenters. The highest BCUT2D eigenvalue weighted by Crippen LogP contribution is 2.29. The Balaban J connectivity index is 1.67. The predicted octanol–water partition coefficient (Wildman–Crippen LogP) is 2.97. The first-order chi connectivity index (χ1) is 13.5. The molecule has 0 saturated heterocycles. The van der Waals surface area contributed by atoms with Gasteiger partial charge < -0.3 is 14.8 Å². The number of ether oxygens (including phenoxy) is 2. The number of rotatable bonds is 7. The Labute approximate surface area is 160 Å². The summed E-state index contributed by atoms with van der Waals surface area (Å²) >= 11 is 0. The number of halogens is 1. The fourth-order valence-corrected chi connectivity index (χ4v) is 2.81. The molecule has 7 nitrogen and oxygen atoms in total. The van der Waals surface area contributed by atoms with Crippen molar-refractivity contribution >= 4 is 22.5 Å². The van der Waals surface area contributed by atoms with Crippen LogP contribution >= 0.6 is 0 Å². The van der Waals surface area contributed by atoms with Gasteiger partial charge in [0.1, 0.15) is 5.82 Å². The molecule has 28 heavy (non-hydrogen) atoms. The Morgan fingerprint density at radius 2 is 1.82 bits per heavy atom. The molecule has 0 saturated carbocycles. The van der Waals surface area contributed by atoms with Gasteiger partial charge in [-0.05, 0) is 36.8 Å². The molecule has 0 aliphatic heterocycles. The summed E-state index contributed by atoms with van der Waals surface area (Å²) in [7, 11) is 3.01. The van der Waals surface area contributed by atoms with Crippen LogP contribution in [0.5, 0.6) is 11.5 Å². The highest BCUT2D eigenvalue weighted by atomic mass is 19.1. The molecular weight excluding hydrogens is 365 g/mol. The number of carbonyl (C=O) groups is 1. The normalized spacial score (nSPS) is 10.7. The van der Waals surface area contributed by atoms with Crippen LogP contribution in [-0.4, -0.2) is 29.7 Å². The van der Waals surface area contributed by atoms with Crippen molar-refractivity contribution in [3.8, 4) is 11.5 Å². The molecule has 1 amide bonds. The topological polar surface area (TPSA) is 82.5 Å². The van der Waals surface area contributed by atoms with Crippen LogP contribution in [-0.2, 0) is 11.3 Å². The maximum Gasteiger partial charge on any atom is 0.261 e. The van der Waals surface area contributed by atoms with Crippen molar-refractivity contribution in [2.45, 2.75) is 19.4 Å². The molecule has 0 bridgehead atoms.